The summed E-state index contributed by atoms with van der Waals surface area (Å²) in [6, 6.07) is 12.7. The Labute approximate surface area is 226 Å². The Morgan fingerprint density at radius 1 is 1.23 bits per heavy atom. The fourth-order valence-electron chi connectivity index (χ4n) is 4.90. The van der Waals surface area contributed by atoms with Crippen molar-refractivity contribution in [3.8, 4) is 29.0 Å². The van der Waals surface area contributed by atoms with Crippen LogP contribution in [0.3, 0.4) is 0 Å². The van der Waals surface area contributed by atoms with Crippen LogP contribution >= 0.6 is 11.6 Å². The molecule has 5 rings (SSSR count). The summed E-state index contributed by atoms with van der Waals surface area (Å²) >= 11 is 6.67. The molecule has 2 N–H and O–H groups in total. The highest BCUT2D eigenvalue weighted by Gasteiger charge is 2.33. The fourth-order valence-corrected chi connectivity index (χ4v) is 5.20. The van der Waals surface area contributed by atoms with Gasteiger partial charge in [0.25, 0.3) is 0 Å². The lowest BCUT2D eigenvalue weighted by atomic mass is 9.96. The van der Waals surface area contributed by atoms with E-state index in [2.05, 4.69) is 9.97 Å². The van der Waals surface area contributed by atoms with Crippen LogP contribution < -0.4 is 9.64 Å². The molecule has 10 nitrogen and oxygen atoms in total. The molecule has 2 heterocycles. The van der Waals surface area contributed by atoms with Crippen LogP contribution in [0.4, 0.5) is 15.0 Å². The average molecular weight is 550 g/mol. The van der Waals surface area contributed by atoms with Crippen molar-refractivity contribution < 1.29 is 28.9 Å². The van der Waals surface area contributed by atoms with Crippen molar-refractivity contribution in [2.45, 2.75) is 12.5 Å². The fraction of sp³-hybridized carbons (Fsp3) is 0.222. The van der Waals surface area contributed by atoms with Gasteiger partial charge in [0, 0.05) is 30.6 Å². The van der Waals surface area contributed by atoms with Gasteiger partial charge in [0.1, 0.15) is 23.7 Å². The number of carbonyl (C=O) groups excluding carboxylic acids is 1. The van der Waals surface area contributed by atoms with Gasteiger partial charge < -0.3 is 24.7 Å². The van der Waals surface area contributed by atoms with E-state index in [-0.39, 0.29) is 71.7 Å². The first-order valence-corrected chi connectivity index (χ1v) is 12.3. The van der Waals surface area contributed by atoms with Crippen LogP contribution in [0.1, 0.15) is 6.42 Å². The number of anilines is 1. The summed E-state index contributed by atoms with van der Waals surface area (Å²) in [5.41, 5.74) is 0.236. The number of rotatable bonds is 6. The van der Waals surface area contributed by atoms with Crippen molar-refractivity contribution in [2.75, 3.05) is 31.1 Å². The van der Waals surface area contributed by atoms with E-state index in [9.17, 15) is 25.1 Å². The highest BCUT2D eigenvalue weighted by atomic mass is 35.5. The first kappa shape index (κ1) is 25.9. The molecule has 1 saturated heterocycles. The highest BCUT2D eigenvalue weighted by molar-refractivity contribution is 6.35. The van der Waals surface area contributed by atoms with Gasteiger partial charge in [-0.2, -0.15) is 15.2 Å². The topological polar surface area (TPSA) is 140 Å². The number of aromatic hydroxyl groups is 1. The standard InChI is InChI=1S/C27H21ClFN5O5/c28-21-13-20-24(23(29)22(21)19-12-17(36)11-15-3-1-2-4-18(15)19)31-26(39-10-9-35)32-25(20)33-7-8-34(27(37)38)16(14-33)5-6-30/h1-4,9,11-13,16,36H,5,7-8,10,14H2,(H,37,38)/t16-/m0/s1. The summed E-state index contributed by atoms with van der Waals surface area (Å²) < 4.78 is 21.7. The number of hydrogen-bond acceptors (Lipinski definition) is 8. The van der Waals surface area contributed by atoms with Crippen LogP contribution in [0.5, 0.6) is 11.8 Å². The third-order valence-electron chi connectivity index (χ3n) is 6.59. The Bertz CT molecular complexity index is 1660. The number of phenols is 1. The Hall–Kier alpha value is -4.69. The van der Waals surface area contributed by atoms with E-state index in [1.165, 1.54) is 17.0 Å². The zero-order chi connectivity index (χ0) is 27.7. The summed E-state index contributed by atoms with van der Waals surface area (Å²) in [4.78, 5) is 34.2. The lowest BCUT2D eigenvalue weighted by Gasteiger charge is -2.39. The Balaban J connectivity index is 1.71. The van der Waals surface area contributed by atoms with Crippen LogP contribution in [0.15, 0.2) is 42.5 Å². The molecule has 1 aromatic heterocycles. The second-order valence-electron chi connectivity index (χ2n) is 8.90. The molecule has 1 amide bonds. The Morgan fingerprint density at radius 2 is 2.03 bits per heavy atom. The van der Waals surface area contributed by atoms with E-state index in [0.717, 1.165) is 0 Å². The molecular formula is C27H21ClFN5O5. The second kappa shape index (κ2) is 10.6. The van der Waals surface area contributed by atoms with E-state index in [1.807, 2.05) is 6.07 Å². The summed E-state index contributed by atoms with van der Waals surface area (Å²) in [6.45, 7) is 0.0261. The molecule has 1 atom stereocenters. The summed E-state index contributed by atoms with van der Waals surface area (Å²) in [6.07, 6.45) is -0.691. The zero-order valence-electron chi connectivity index (χ0n) is 20.3. The first-order chi connectivity index (χ1) is 18.8. The molecule has 12 heteroatoms. The number of piperazine rings is 1. The molecule has 1 aliphatic heterocycles. The normalized spacial score (nSPS) is 15.4. The third kappa shape index (κ3) is 4.82. The van der Waals surface area contributed by atoms with Gasteiger partial charge in [-0.1, -0.05) is 35.9 Å². The highest BCUT2D eigenvalue weighted by Crippen LogP contribution is 2.42. The largest absolute Gasteiger partial charge is 0.508 e. The van der Waals surface area contributed by atoms with Crippen LogP contribution in [-0.2, 0) is 4.79 Å². The van der Waals surface area contributed by atoms with Crippen LogP contribution in [0, 0.1) is 17.1 Å². The van der Waals surface area contributed by atoms with E-state index < -0.39 is 18.0 Å². The molecule has 0 bridgehead atoms. The number of nitrogens with zero attached hydrogens (tertiary/aromatic N) is 5. The summed E-state index contributed by atoms with van der Waals surface area (Å²) in [5.74, 6) is -0.634. The number of phenolic OH excluding ortho intramolecular Hbond substituents is 1. The molecule has 0 radical (unpaired) electrons. The van der Waals surface area contributed by atoms with Gasteiger partial charge in [0.15, 0.2) is 12.1 Å². The van der Waals surface area contributed by atoms with Gasteiger partial charge in [-0.15, -0.1) is 0 Å². The number of benzene rings is 3. The Kier molecular flexibility index (Phi) is 7.04. The van der Waals surface area contributed by atoms with E-state index >= 15 is 4.39 Å². The number of carbonyl (C=O) groups is 2. The van der Waals surface area contributed by atoms with Gasteiger partial charge >= 0.3 is 12.1 Å². The predicted octanol–water partition coefficient (Wildman–Crippen LogP) is 4.61. The number of fused-ring (bicyclic) bond motifs is 2. The molecule has 3 aromatic carbocycles. The summed E-state index contributed by atoms with van der Waals surface area (Å²) in [7, 11) is 0. The minimum atomic E-state index is -1.14. The van der Waals surface area contributed by atoms with Crippen molar-refractivity contribution in [1.29, 1.82) is 5.26 Å². The Morgan fingerprint density at radius 3 is 2.77 bits per heavy atom. The van der Waals surface area contributed by atoms with Crippen molar-refractivity contribution in [2.24, 2.45) is 0 Å². The van der Waals surface area contributed by atoms with Gasteiger partial charge in [0.05, 0.1) is 23.6 Å². The van der Waals surface area contributed by atoms with Gasteiger partial charge in [-0.05, 0) is 34.5 Å². The monoisotopic (exact) mass is 549 g/mol. The maximum absolute atomic E-state index is 16.4. The lowest BCUT2D eigenvalue weighted by Crippen LogP contribution is -2.55. The minimum absolute atomic E-state index is 0.0142. The van der Waals surface area contributed by atoms with E-state index in [1.54, 1.807) is 35.2 Å². The zero-order valence-corrected chi connectivity index (χ0v) is 21.1. The first-order valence-electron chi connectivity index (χ1n) is 11.9. The van der Waals surface area contributed by atoms with Crippen molar-refractivity contribution in [3.05, 3.63) is 53.3 Å². The van der Waals surface area contributed by atoms with Crippen molar-refractivity contribution in [3.63, 3.8) is 0 Å². The molecular weight excluding hydrogens is 529 g/mol. The number of ether oxygens (including phenoxy) is 1. The molecule has 39 heavy (non-hydrogen) atoms. The minimum Gasteiger partial charge on any atom is -0.508 e. The van der Waals surface area contributed by atoms with Gasteiger partial charge in [0.2, 0.25) is 0 Å². The number of hydrogen-bond donors (Lipinski definition) is 2. The van der Waals surface area contributed by atoms with E-state index in [0.29, 0.717) is 22.6 Å². The summed E-state index contributed by atoms with van der Waals surface area (Å²) in [5, 5.41) is 30.7. The quantitative estimate of drug-likeness (QED) is 0.330. The molecule has 0 spiro atoms. The SMILES string of the molecule is N#CC[C@H]1CN(c2nc(OCC=O)nc3c(F)c(-c4cc(O)cc5ccccc45)c(Cl)cc23)CCN1C(=O)O. The predicted molar refractivity (Wildman–Crippen MR) is 142 cm³/mol. The average Bonchev–Trinajstić information content (AvgIpc) is 2.91. The second-order valence-corrected chi connectivity index (χ2v) is 9.31. The van der Waals surface area contributed by atoms with Crippen LogP contribution in [0.2, 0.25) is 5.02 Å². The number of amides is 1. The van der Waals surface area contributed by atoms with Crippen molar-refractivity contribution >= 4 is 51.5 Å². The maximum Gasteiger partial charge on any atom is 0.407 e. The molecule has 198 valence electrons. The molecule has 1 aliphatic rings. The molecule has 1 fully saturated rings. The van der Waals surface area contributed by atoms with Crippen LogP contribution in [-0.4, -0.2) is 69.7 Å². The number of aromatic nitrogens is 2. The number of halogens is 2. The molecule has 0 saturated carbocycles. The third-order valence-corrected chi connectivity index (χ3v) is 6.89. The smallest absolute Gasteiger partial charge is 0.407 e. The number of aldehydes is 1. The lowest BCUT2D eigenvalue weighted by molar-refractivity contribution is -0.109. The number of nitriles is 1. The van der Waals surface area contributed by atoms with Gasteiger partial charge in [-0.25, -0.2) is 9.18 Å². The van der Waals surface area contributed by atoms with E-state index in [4.69, 9.17) is 16.3 Å². The van der Waals surface area contributed by atoms with Crippen molar-refractivity contribution in [1.82, 2.24) is 14.9 Å². The number of carboxylic acid groups (broad SMARTS) is 1. The molecule has 4 aromatic rings. The molecule has 0 unspecified atom stereocenters. The van der Waals surface area contributed by atoms with Crippen LogP contribution in [0.25, 0.3) is 32.8 Å². The van der Waals surface area contributed by atoms with Gasteiger partial charge in [-0.3, -0.25) is 4.79 Å². The maximum atomic E-state index is 16.4. The molecule has 0 aliphatic carbocycles.